The lowest BCUT2D eigenvalue weighted by molar-refractivity contribution is -0.118. The summed E-state index contributed by atoms with van der Waals surface area (Å²) in [5.74, 6) is 0.465. The third-order valence-corrected chi connectivity index (χ3v) is 3.50. The monoisotopic (exact) mass is 321 g/mol. The minimum absolute atomic E-state index is 0.0286. The Balaban J connectivity index is 1.46. The van der Waals surface area contributed by atoms with Crippen LogP contribution in [0.4, 0.5) is 5.69 Å². The Morgan fingerprint density at radius 2 is 1.75 bits per heavy atom. The van der Waals surface area contributed by atoms with Crippen molar-refractivity contribution in [2.75, 3.05) is 11.9 Å². The van der Waals surface area contributed by atoms with Gasteiger partial charge in [-0.3, -0.25) is 9.48 Å². The molecule has 0 aliphatic heterocycles. The molecule has 5 heteroatoms. The van der Waals surface area contributed by atoms with Crippen LogP contribution in [-0.4, -0.2) is 22.3 Å². The highest BCUT2D eigenvalue weighted by Gasteiger charge is 2.06. The lowest BCUT2D eigenvalue weighted by atomic mass is 10.1. The molecule has 1 heterocycles. The maximum atomic E-state index is 11.9. The topological polar surface area (TPSA) is 56.1 Å². The number of rotatable bonds is 7. The number of para-hydroxylation sites is 1. The molecule has 0 unspecified atom stereocenters. The van der Waals surface area contributed by atoms with Gasteiger partial charge >= 0.3 is 0 Å². The summed E-state index contributed by atoms with van der Waals surface area (Å²) < 4.78 is 7.23. The molecule has 0 saturated heterocycles. The second kappa shape index (κ2) is 7.97. The number of amides is 1. The highest BCUT2D eigenvalue weighted by Crippen LogP contribution is 2.09. The van der Waals surface area contributed by atoms with Crippen LogP contribution in [0.5, 0.6) is 5.75 Å². The fraction of sp³-hybridized carbons (Fsp3) is 0.158. The third kappa shape index (κ3) is 4.71. The number of carbonyl (C=O) groups excluding carboxylic acids is 1. The van der Waals surface area contributed by atoms with Gasteiger partial charge in [0.2, 0.25) is 0 Å². The van der Waals surface area contributed by atoms with E-state index in [2.05, 4.69) is 22.5 Å². The van der Waals surface area contributed by atoms with E-state index in [0.29, 0.717) is 11.4 Å². The molecular weight excluding hydrogens is 302 g/mol. The number of hydrogen-bond acceptors (Lipinski definition) is 3. The van der Waals surface area contributed by atoms with Crippen LogP contribution in [0.25, 0.3) is 0 Å². The summed E-state index contributed by atoms with van der Waals surface area (Å²) in [7, 11) is 0. The fourth-order valence-corrected chi connectivity index (χ4v) is 2.30. The number of anilines is 1. The normalized spacial score (nSPS) is 10.3. The number of aromatic nitrogens is 2. The van der Waals surface area contributed by atoms with Crippen molar-refractivity contribution in [3.63, 3.8) is 0 Å². The van der Waals surface area contributed by atoms with Gasteiger partial charge in [-0.2, -0.15) is 5.10 Å². The smallest absolute Gasteiger partial charge is 0.262 e. The lowest BCUT2D eigenvalue weighted by Crippen LogP contribution is -2.19. The standard InChI is InChI=1S/C19H19N3O2/c23-19(15-24-18-9-5-2-6-10-18)21-17-13-20-22(14-17)12-11-16-7-3-1-4-8-16/h1-10,13-14H,11-12,15H2,(H,21,23). The number of aryl methyl sites for hydroxylation is 2. The molecule has 0 saturated carbocycles. The van der Waals surface area contributed by atoms with Crippen molar-refractivity contribution in [2.45, 2.75) is 13.0 Å². The van der Waals surface area contributed by atoms with Gasteiger partial charge in [0, 0.05) is 12.7 Å². The van der Waals surface area contributed by atoms with E-state index in [0.717, 1.165) is 13.0 Å². The zero-order valence-corrected chi connectivity index (χ0v) is 13.3. The first kappa shape index (κ1) is 15.8. The molecule has 1 amide bonds. The van der Waals surface area contributed by atoms with Gasteiger partial charge in [0.05, 0.1) is 11.9 Å². The van der Waals surface area contributed by atoms with Gasteiger partial charge in [0.25, 0.3) is 5.91 Å². The molecule has 24 heavy (non-hydrogen) atoms. The summed E-state index contributed by atoms with van der Waals surface area (Å²) in [5, 5.41) is 7.05. The average Bonchev–Trinajstić information content (AvgIpc) is 3.07. The Morgan fingerprint density at radius 3 is 2.50 bits per heavy atom. The predicted octanol–water partition coefficient (Wildman–Crippen LogP) is 3.14. The summed E-state index contributed by atoms with van der Waals surface area (Å²) in [6.07, 6.45) is 4.36. The Hall–Kier alpha value is -3.08. The molecule has 0 radical (unpaired) electrons. The number of benzene rings is 2. The molecule has 0 atom stereocenters. The minimum atomic E-state index is -0.207. The van der Waals surface area contributed by atoms with Crippen molar-refractivity contribution in [3.05, 3.63) is 78.6 Å². The lowest BCUT2D eigenvalue weighted by Gasteiger charge is -2.05. The van der Waals surface area contributed by atoms with Crippen molar-refractivity contribution in [3.8, 4) is 5.75 Å². The van der Waals surface area contributed by atoms with Gasteiger partial charge in [0.15, 0.2) is 6.61 Å². The van der Waals surface area contributed by atoms with Crippen molar-refractivity contribution in [1.82, 2.24) is 9.78 Å². The van der Waals surface area contributed by atoms with Gasteiger partial charge < -0.3 is 10.1 Å². The first-order chi connectivity index (χ1) is 11.8. The second-order valence-corrected chi connectivity index (χ2v) is 5.38. The highest BCUT2D eigenvalue weighted by atomic mass is 16.5. The molecule has 3 rings (SSSR count). The molecule has 1 N–H and O–H groups in total. The molecule has 3 aromatic rings. The van der Waals surface area contributed by atoms with Crippen LogP contribution >= 0.6 is 0 Å². The number of nitrogens with zero attached hydrogens (tertiary/aromatic N) is 2. The SMILES string of the molecule is O=C(COc1ccccc1)Nc1cnn(CCc2ccccc2)c1. The van der Waals surface area contributed by atoms with Crippen LogP contribution in [0, 0.1) is 0 Å². The van der Waals surface area contributed by atoms with Crippen molar-refractivity contribution < 1.29 is 9.53 Å². The largest absolute Gasteiger partial charge is 0.484 e. The number of nitrogens with one attached hydrogen (secondary N) is 1. The zero-order chi connectivity index (χ0) is 16.6. The first-order valence-electron chi connectivity index (χ1n) is 7.84. The number of hydrogen-bond donors (Lipinski definition) is 1. The molecule has 0 fully saturated rings. The second-order valence-electron chi connectivity index (χ2n) is 5.38. The van der Waals surface area contributed by atoms with E-state index >= 15 is 0 Å². The van der Waals surface area contributed by atoms with Crippen molar-refractivity contribution in [2.24, 2.45) is 0 Å². The molecule has 122 valence electrons. The van der Waals surface area contributed by atoms with E-state index in [4.69, 9.17) is 4.74 Å². The first-order valence-corrected chi connectivity index (χ1v) is 7.84. The Morgan fingerprint density at radius 1 is 1.04 bits per heavy atom. The molecule has 2 aromatic carbocycles. The maximum absolute atomic E-state index is 11.9. The molecule has 1 aromatic heterocycles. The average molecular weight is 321 g/mol. The van der Waals surface area contributed by atoms with E-state index in [-0.39, 0.29) is 12.5 Å². The fourth-order valence-electron chi connectivity index (χ4n) is 2.30. The van der Waals surface area contributed by atoms with E-state index in [1.54, 1.807) is 6.20 Å². The number of ether oxygens (including phenoxy) is 1. The van der Waals surface area contributed by atoms with Crippen LogP contribution in [0.1, 0.15) is 5.56 Å². The Bertz CT molecular complexity index is 770. The van der Waals surface area contributed by atoms with Crippen LogP contribution in [0.3, 0.4) is 0 Å². The molecular formula is C19H19N3O2. The molecule has 0 aliphatic carbocycles. The zero-order valence-electron chi connectivity index (χ0n) is 13.3. The summed E-state index contributed by atoms with van der Waals surface area (Å²) in [4.78, 5) is 11.9. The predicted molar refractivity (Wildman–Crippen MR) is 92.9 cm³/mol. The van der Waals surface area contributed by atoms with E-state index in [1.807, 2.05) is 59.4 Å². The number of carbonyl (C=O) groups is 1. The highest BCUT2D eigenvalue weighted by molar-refractivity contribution is 5.91. The van der Waals surface area contributed by atoms with Crippen LogP contribution in [-0.2, 0) is 17.8 Å². The molecule has 5 nitrogen and oxygen atoms in total. The quantitative estimate of drug-likeness (QED) is 0.727. The third-order valence-electron chi connectivity index (χ3n) is 3.50. The maximum Gasteiger partial charge on any atom is 0.262 e. The minimum Gasteiger partial charge on any atom is -0.484 e. The van der Waals surface area contributed by atoms with Gasteiger partial charge in [0.1, 0.15) is 5.75 Å². The van der Waals surface area contributed by atoms with E-state index < -0.39 is 0 Å². The van der Waals surface area contributed by atoms with Crippen LogP contribution < -0.4 is 10.1 Å². The van der Waals surface area contributed by atoms with E-state index in [1.165, 1.54) is 5.56 Å². The van der Waals surface area contributed by atoms with Gasteiger partial charge in [-0.05, 0) is 24.1 Å². The van der Waals surface area contributed by atoms with Crippen LogP contribution in [0.15, 0.2) is 73.1 Å². The van der Waals surface area contributed by atoms with Crippen LogP contribution in [0.2, 0.25) is 0 Å². The summed E-state index contributed by atoms with van der Waals surface area (Å²) >= 11 is 0. The molecule has 0 spiro atoms. The summed E-state index contributed by atoms with van der Waals surface area (Å²) in [5.41, 5.74) is 1.93. The van der Waals surface area contributed by atoms with Crippen molar-refractivity contribution >= 4 is 11.6 Å². The van der Waals surface area contributed by atoms with Crippen molar-refractivity contribution in [1.29, 1.82) is 0 Å². The molecule has 0 bridgehead atoms. The Labute approximate surface area is 140 Å². The van der Waals surface area contributed by atoms with Gasteiger partial charge in [-0.1, -0.05) is 48.5 Å². The summed E-state index contributed by atoms with van der Waals surface area (Å²) in [6, 6.07) is 19.5. The van der Waals surface area contributed by atoms with Gasteiger partial charge in [-0.15, -0.1) is 0 Å². The Kier molecular flexibility index (Phi) is 5.24. The van der Waals surface area contributed by atoms with E-state index in [9.17, 15) is 4.79 Å². The molecule has 0 aliphatic rings. The van der Waals surface area contributed by atoms with Gasteiger partial charge in [-0.25, -0.2) is 0 Å². The summed E-state index contributed by atoms with van der Waals surface area (Å²) in [6.45, 7) is 0.736.